The molecule has 0 saturated heterocycles. The molecule has 122 valence electrons. The van der Waals surface area contributed by atoms with Crippen molar-refractivity contribution in [3.63, 3.8) is 0 Å². The van der Waals surface area contributed by atoms with Crippen LogP contribution < -0.4 is 0 Å². The van der Waals surface area contributed by atoms with E-state index < -0.39 is 9.84 Å². The van der Waals surface area contributed by atoms with E-state index in [1.54, 1.807) is 30.5 Å². The number of hydrogen-bond donors (Lipinski definition) is 0. The molecule has 0 spiro atoms. The van der Waals surface area contributed by atoms with Crippen LogP contribution in [0.2, 0.25) is 0 Å². The van der Waals surface area contributed by atoms with Crippen molar-refractivity contribution in [2.75, 3.05) is 6.26 Å². The Labute approximate surface area is 138 Å². The van der Waals surface area contributed by atoms with Gasteiger partial charge >= 0.3 is 0 Å². The molecule has 0 aliphatic heterocycles. The Hall–Kier alpha value is -2.80. The van der Waals surface area contributed by atoms with Gasteiger partial charge in [0.2, 0.25) is 0 Å². The second kappa shape index (κ2) is 6.01. The average molecular weight is 344 g/mol. The fourth-order valence-corrected chi connectivity index (χ4v) is 2.91. The van der Waals surface area contributed by atoms with Crippen LogP contribution in [0.5, 0.6) is 0 Å². The van der Waals surface area contributed by atoms with Crippen LogP contribution in [0.4, 0.5) is 4.39 Å². The first kappa shape index (κ1) is 16.1. The Morgan fingerprint density at radius 3 is 2.21 bits per heavy atom. The van der Waals surface area contributed by atoms with Gasteiger partial charge in [-0.25, -0.2) is 17.5 Å². The van der Waals surface area contributed by atoms with Crippen LogP contribution in [0.1, 0.15) is 10.4 Å². The SMILES string of the molecule is CS(=O)(=O)c1ccc(-c2nn(-c3ccc(F)cc3)cc2C=O)cc1. The van der Waals surface area contributed by atoms with Gasteiger partial charge in [0.05, 0.1) is 16.1 Å². The van der Waals surface area contributed by atoms with E-state index >= 15 is 0 Å². The molecular weight excluding hydrogens is 331 g/mol. The number of carbonyl (C=O) groups excluding carboxylic acids is 1. The molecule has 1 aromatic heterocycles. The van der Waals surface area contributed by atoms with Crippen LogP contribution in [0.25, 0.3) is 16.9 Å². The van der Waals surface area contributed by atoms with E-state index in [9.17, 15) is 17.6 Å². The van der Waals surface area contributed by atoms with Crippen molar-refractivity contribution in [1.29, 1.82) is 0 Å². The first-order valence-corrected chi connectivity index (χ1v) is 8.89. The Morgan fingerprint density at radius 1 is 1.04 bits per heavy atom. The maximum Gasteiger partial charge on any atom is 0.175 e. The van der Waals surface area contributed by atoms with Crippen molar-refractivity contribution in [3.05, 3.63) is 66.1 Å². The number of rotatable bonds is 4. The molecule has 0 aliphatic rings. The molecule has 0 fully saturated rings. The largest absolute Gasteiger partial charge is 0.298 e. The summed E-state index contributed by atoms with van der Waals surface area (Å²) in [5.41, 5.74) is 2.00. The zero-order chi connectivity index (χ0) is 17.3. The molecule has 1 heterocycles. The average Bonchev–Trinajstić information content (AvgIpc) is 2.99. The van der Waals surface area contributed by atoms with Crippen molar-refractivity contribution in [1.82, 2.24) is 9.78 Å². The van der Waals surface area contributed by atoms with E-state index in [1.165, 1.54) is 28.9 Å². The van der Waals surface area contributed by atoms with Crippen LogP contribution in [0, 0.1) is 5.82 Å². The third kappa shape index (κ3) is 3.11. The Morgan fingerprint density at radius 2 is 1.67 bits per heavy atom. The summed E-state index contributed by atoms with van der Waals surface area (Å²) in [7, 11) is -3.29. The van der Waals surface area contributed by atoms with Crippen LogP contribution in [-0.4, -0.2) is 30.7 Å². The van der Waals surface area contributed by atoms with Gasteiger partial charge in [0.1, 0.15) is 11.5 Å². The van der Waals surface area contributed by atoms with Gasteiger partial charge in [0, 0.05) is 18.0 Å². The van der Waals surface area contributed by atoms with Gasteiger partial charge in [0.15, 0.2) is 16.1 Å². The highest BCUT2D eigenvalue weighted by molar-refractivity contribution is 7.90. The lowest BCUT2D eigenvalue weighted by Gasteiger charge is -2.02. The van der Waals surface area contributed by atoms with Crippen LogP contribution >= 0.6 is 0 Å². The summed E-state index contributed by atoms with van der Waals surface area (Å²) < 4.78 is 37.5. The number of carbonyl (C=O) groups is 1. The minimum atomic E-state index is -3.29. The molecule has 0 N–H and O–H groups in total. The lowest BCUT2D eigenvalue weighted by molar-refractivity contribution is 0.112. The number of benzene rings is 2. The molecule has 5 nitrogen and oxygen atoms in total. The minimum absolute atomic E-state index is 0.192. The van der Waals surface area contributed by atoms with Gasteiger partial charge in [0.25, 0.3) is 0 Å². The Kier molecular flexibility index (Phi) is 4.02. The molecule has 3 rings (SSSR count). The first-order valence-electron chi connectivity index (χ1n) is 7.00. The maximum absolute atomic E-state index is 13.0. The summed E-state index contributed by atoms with van der Waals surface area (Å²) >= 11 is 0. The molecule has 0 saturated carbocycles. The Balaban J connectivity index is 2.05. The second-order valence-electron chi connectivity index (χ2n) is 5.27. The van der Waals surface area contributed by atoms with Crippen molar-refractivity contribution in [2.24, 2.45) is 0 Å². The highest BCUT2D eigenvalue weighted by atomic mass is 32.2. The topological polar surface area (TPSA) is 69.0 Å². The fourth-order valence-electron chi connectivity index (χ4n) is 2.28. The quantitative estimate of drug-likeness (QED) is 0.683. The summed E-state index contributed by atoms with van der Waals surface area (Å²) in [5, 5.41) is 4.36. The smallest absolute Gasteiger partial charge is 0.175 e. The predicted octanol–water partition coefficient (Wildman–Crippen LogP) is 2.89. The monoisotopic (exact) mass is 344 g/mol. The summed E-state index contributed by atoms with van der Waals surface area (Å²) in [6.45, 7) is 0. The van der Waals surface area contributed by atoms with Gasteiger partial charge < -0.3 is 0 Å². The Bertz CT molecular complexity index is 991. The molecule has 0 bridgehead atoms. The normalized spacial score (nSPS) is 11.4. The van der Waals surface area contributed by atoms with Gasteiger partial charge in [-0.2, -0.15) is 5.10 Å². The van der Waals surface area contributed by atoms with E-state index in [-0.39, 0.29) is 10.7 Å². The van der Waals surface area contributed by atoms with E-state index in [2.05, 4.69) is 5.10 Å². The molecule has 0 radical (unpaired) electrons. The van der Waals surface area contributed by atoms with Gasteiger partial charge in [-0.1, -0.05) is 12.1 Å². The first-order chi connectivity index (χ1) is 11.4. The van der Waals surface area contributed by atoms with Gasteiger partial charge in [-0.05, 0) is 36.4 Å². The maximum atomic E-state index is 13.0. The lowest BCUT2D eigenvalue weighted by Crippen LogP contribution is -1.97. The molecule has 3 aromatic rings. The number of aldehydes is 1. The van der Waals surface area contributed by atoms with Gasteiger partial charge in [-0.15, -0.1) is 0 Å². The minimum Gasteiger partial charge on any atom is -0.298 e. The van der Waals surface area contributed by atoms with Crippen molar-refractivity contribution in [3.8, 4) is 16.9 Å². The number of nitrogens with zero attached hydrogens (tertiary/aromatic N) is 2. The fraction of sp³-hybridized carbons (Fsp3) is 0.0588. The molecule has 7 heteroatoms. The van der Waals surface area contributed by atoms with E-state index in [4.69, 9.17) is 0 Å². The predicted molar refractivity (Wildman–Crippen MR) is 87.5 cm³/mol. The summed E-state index contributed by atoms with van der Waals surface area (Å²) in [4.78, 5) is 11.5. The van der Waals surface area contributed by atoms with E-state index in [0.29, 0.717) is 28.8 Å². The zero-order valence-electron chi connectivity index (χ0n) is 12.7. The standard InChI is InChI=1S/C17H13FN2O3S/c1-24(22,23)16-8-2-12(3-9-16)17-13(11-21)10-20(19-17)15-6-4-14(18)5-7-15/h2-11H,1H3. The number of hydrogen-bond acceptors (Lipinski definition) is 4. The van der Waals surface area contributed by atoms with Gasteiger partial charge in [-0.3, -0.25) is 4.79 Å². The van der Waals surface area contributed by atoms with E-state index in [0.717, 1.165) is 6.26 Å². The molecule has 24 heavy (non-hydrogen) atoms. The molecule has 0 atom stereocenters. The number of sulfone groups is 1. The summed E-state index contributed by atoms with van der Waals surface area (Å²) in [6.07, 6.45) is 3.34. The van der Waals surface area contributed by atoms with Crippen LogP contribution in [-0.2, 0) is 9.84 Å². The third-order valence-corrected chi connectivity index (χ3v) is 4.65. The molecule has 2 aromatic carbocycles. The molecular formula is C17H13FN2O3S. The highest BCUT2D eigenvalue weighted by Crippen LogP contribution is 2.24. The lowest BCUT2D eigenvalue weighted by atomic mass is 10.1. The second-order valence-corrected chi connectivity index (χ2v) is 7.28. The molecule has 0 amide bonds. The van der Waals surface area contributed by atoms with E-state index in [1.807, 2.05) is 0 Å². The summed E-state index contributed by atoms with van der Waals surface area (Å²) in [5.74, 6) is -0.363. The molecule has 0 unspecified atom stereocenters. The summed E-state index contributed by atoms with van der Waals surface area (Å²) in [6, 6.07) is 11.8. The highest BCUT2D eigenvalue weighted by Gasteiger charge is 2.13. The third-order valence-electron chi connectivity index (χ3n) is 3.52. The van der Waals surface area contributed by atoms with Crippen molar-refractivity contribution in [2.45, 2.75) is 4.90 Å². The van der Waals surface area contributed by atoms with Crippen LogP contribution in [0.15, 0.2) is 59.6 Å². The number of halogens is 1. The number of aromatic nitrogens is 2. The van der Waals surface area contributed by atoms with Crippen molar-refractivity contribution < 1.29 is 17.6 Å². The zero-order valence-corrected chi connectivity index (χ0v) is 13.5. The van der Waals surface area contributed by atoms with Crippen molar-refractivity contribution >= 4 is 16.1 Å². The van der Waals surface area contributed by atoms with Crippen LogP contribution in [0.3, 0.4) is 0 Å². The molecule has 0 aliphatic carbocycles.